The van der Waals surface area contributed by atoms with Crippen LogP contribution in [0.5, 0.6) is 0 Å². The van der Waals surface area contributed by atoms with Gasteiger partial charge in [0.25, 0.3) is 0 Å². The van der Waals surface area contributed by atoms with E-state index < -0.39 is 0 Å². The molecule has 0 aromatic carbocycles. The first-order valence-electron chi connectivity index (χ1n) is 7.20. The van der Waals surface area contributed by atoms with Crippen LogP contribution in [0.3, 0.4) is 0 Å². The van der Waals surface area contributed by atoms with Gasteiger partial charge in [0, 0.05) is 13.1 Å². The maximum absolute atomic E-state index is 9.10. The number of rotatable bonds is 1. The van der Waals surface area contributed by atoms with Gasteiger partial charge in [-0.15, -0.1) is 0 Å². The molecule has 1 saturated carbocycles. The van der Waals surface area contributed by atoms with Crippen molar-refractivity contribution in [3.05, 3.63) is 0 Å². The van der Waals surface area contributed by atoms with Crippen molar-refractivity contribution in [2.24, 2.45) is 5.92 Å². The molecule has 0 aromatic rings. The third kappa shape index (κ3) is 6.39. The highest BCUT2D eigenvalue weighted by molar-refractivity contribution is 4.69. The van der Waals surface area contributed by atoms with Gasteiger partial charge in [-0.1, -0.05) is 13.8 Å². The van der Waals surface area contributed by atoms with Crippen LogP contribution in [0.25, 0.3) is 0 Å². The molecule has 2 fully saturated rings. The maximum Gasteiger partial charge on any atom is 0.0564 e. The van der Waals surface area contributed by atoms with Crippen molar-refractivity contribution < 1.29 is 10.2 Å². The molecule has 0 radical (unpaired) electrons. The Bertz CT molecular complexity index is 173. The second kappa shape index (κ2) is 8.06. The molecule has 0 aromatic heterocycles. The van der Waals surface area contributed by atoms with E-state index in [9.17, 15) is 0 Å². The lowest BCUT2D eigenvalue weighted by Gasteiger charge is -2.27. The molecule has 1 aliphatic carbocycles. The minimum Gasteiger partial charge on any atom is -0.393 e. The third-order valence-electron chi connectivity index (χ3n) is 3.99. The van der Waals surface area contributed by atoms with Crippen LogP contribution in [0.4, 0.5) is 0 Å². The number of aliphatic hydroxyl groups is 2. The minimum atomic E-state index is -0.0206. The molecule has 1 saturated heterocycles. The number of nitrogens with zero attached hydrogens (tertiary/aromatic N) is 1. The molecule has 0 atom stereocenters. The van der Waals surface area contributed by atoms with E-state index in [4.69, 9.17) is 10.2 Å². The molecule has 0 unspecified atom stereocenters. The molecule has 0 bridgehead atoms. The Labute approximate surface area is 106 Å². The second-order valence-electron chi connectivity index (χ2n) is 5.58. The van der Waals surface area contributed by atoms with E-state index in [1.165, 1.54) is 12.8 Å². The average Bonchev–Trinajstić information content (AvgIpc) is 2.35. The van der Waals surface area contributed by atoms with Crippen molar-refractivity contribution in [1.29, 1.82) is 0 Å². The van der Waals surface area contributed by atoms with Crippen LogP contribution in [0.2, 0.25) is 0 Å². The molecule has 2 N–H and O–H groups in total. The van der Waals surface area contributed by atoms with Gasteiger partial charge in [-0.3, -0.25) is 0 Å². The van der Waals surface area contributed by atoms with E-state index in [-0.39, 0.29) is 12.2 Å². The van der Waals surface area contributed by atoms with Gasteiger partial charge in [0.2, 0.25) is 0 Å². The molecule has 102 valence electrons. The zero-order valence-corrected chi connectivity index (χ0v) is 11.4. The number of piperidine rings is 1. The molecule has 17 heavy (non-hydrogen) atoms. The molecule has 2 rings (SSSR count). The van der Waals surface area contributed by atoms with Crippen molar-refractivity contribution in [3.63, 3.8) is 0 Å². The third-order valence-corrected chi connectivity index (χ3v) is 3.99. The fraction of sp³-hybridized carbons (Fsp3) is 1.00. The average molecular weight is 243 g/mol. The van der Waals surface area contributed by atoms with E-state index in [0.717, 1.165) is 51.2 Å². The first kappa shape index (κ1) is 14.9. The monoisotopic (exact) mass is 243 g/mol. The SMILES string of the molecule is CC1CCC(O)CC1.CCN1CCC(O)CC1. The minimum absolute atomic E-state index is 0.0196. The summed E-state index contributed by atoms with van der Waals surface area (Å²) in [6.45, 7) is 7.71. The Morgan fingerprint density at radius 2 is 1.35 bits per heavy atom. The van der Waals surface area contributed by atoms with E-state index in [2.05, 4.69) is 18.7 Å². The van der Waals surface area contributed by atoms with Gasteiger partial charge < -0.3 is 15.1 Å². The lowest BCUT2D eigenvalue weighted by Crippen LogP contribution is -2.35. The van der Waals surface area contributed by atoms with Gasteiger partial charge in [-0.05, 0) is 51.0 Å². The van der Waals surface area contributed by atoms with E-state index in [1.54, 1.807) is 0 Å². The van der Waals surface area contributed by atoms with Crippen LogP contribution < -0.4 is 0 Å². The second-order valence-corrected chi connectivity index (χ2v) is 5.58. The summed E-state index contributed by atoms with van der Waals surface area (Å²) >= 11 is 0. The summed E-state index contributed by atoms with van der Waals surface area (Å²) in [5.41, 5.74) is 0. The summed E-state index contributed by atoms with van der Waals surface area (Å²) in [6, 6.07) is 0. The highest BCUT2D eigenvalue weighted by atomic mass is 16.3. The lowest BCUT2D eigenvalue weighted by molar-refractivity contribution is 0.0852. The fourth-order valence-corrected chi connectivity index (χ4v) is 2.48. The molecule has 3 heteroatoms. The van der Waals surface area contributed by atoms with Crippen molar-refractivity contribution in [3.8, 4) is 0 Å². The van der Waals surface area contributed by atoms with Crippen LogP contribution in [0.15, 0.2) is 0 Å². The van der Waals surface area contributed by atoms with Crippen molar-refractivity contribution >= 4 is 0 Å². The summed E-state index contributed by atoms with van der Waals surface area (Å²) in [5.74, 6) is 0.860. The van der Waals surface area contributed by atoms with E-state index in [0.29, 0.717) is 0 Å². The summed E-state index contributed by atoms with van der Waals surface area (Å²) in [5, 5.41) is 18.1. The largest absolute Gasteiger partial charge is 0.393 e. The smallest absolute Gasteiger partial charge is 0.0564 e. The van der Waals surface area contributed by atoms with Crippen LogP contribution in [0, 0.1) is 5.92 Å². The Morgan fingerprint density at radius 3 is 1.76 bits per heavy atom. The predicted octanol–water partition coefficient (Wildman–Crippen LogP) is 2.02. The van der Waals surface area contributed by atoms with Crippen LogP contribution in [0.1, 0.15) is 52.4 Å². The Balaban J connectivity index is 0.000000171. The summed E-state index contributed by atoms with van der Waals surface area (Å²) < 4.78 is 0. The zero-order valence-electron chi connectivity index (χ0n) is 11.4. The topological polar surface area (TPSA) is 43.7 Å². The van der Waals surface area contributed by atoms with Gasteiger partial charge in [-0.2, -0.15) is 0 Å². The fourth-order valence-electron chi connectivity index (χ4n) is 2.48. The molecular weight excluding hydrogens is 214 g/mol. The highest BCUT2D eigenvalue weighted by Gasteiger charge is 2.15. The zero-order chi connectivity index (χ0) is 12.7. The molecule has 1 heterocycles. The molecule has 3 nitrogen and oxygen atoms in total. The number of hydrogen-bond acceptors (Lipinski definition) is 3. The number of likely N-dealkylation sites (tertiary alicyclic amines) is 1. The standard InChI is InChI=1S/C7H15NO.C7H14O/c1-2-8-5-3-7(9)4-6-8;1-6-2-4-7(8)5-3-6/h7,9H,2-6H2,1H3;6-8H,2-5H2,1H3. The van der Waals surface area contributed by atoms with Crippen molar-refractivity contribution in [2.75, 3.05) is 19.6 Å². The molecule has 0 amide bonds. The van der Waals surface area contributed by atoms with Gasteiger partial charge in [0.15, 0.2) is 0 Å². The van der Waals surface area contributed by atoms with Crippen molar-refractivity contribution in [2.45, 2.75) is 64.6 Å². The van der Waals surface area contributed by atoms with Crippen molar-refractivity contribution in [1.82, 2.24) is 4.90 Å². The predicted molar refractivity (Wildman–Crippen MR) is 71.0 cm³/mol. The summed E-state index contributed by atoms with van der Waals surface area (Å²) in [4.78, 5) is 2.37. The number of hydrogen-bond donors (Lipinski definition) is 2. The Hall–Kier alpha value is -0.120. The Morgan fingerprint density at radius 1 is 0.882 bits per heavy atom. The number of aliphatic hydroxyl groups excluding tert-OH is 2. The van der Waals surface area contributed by atoms with Gasteiger partial charge in [0.1, 0.15) is 0 Å². The van der Waals surface area contributed by atoms with Crippen LogP contribution in [-0.4, -0.2) is 47.0 Å². The first-order valence-corrected chi connectivity index (χ1v) is 7.20. The molecule has 0 spiro atoms. The van der Waals surface area contributed by atoms with E-state index >= 15 is 0 Å². The van der Waals surface area contributed by atoms with Crippen LogP contribution >= 0.6 is 0 Å². The van der Waals surface area contributed by atoms with E-state index in [1.807, 2.05) is 0 Å². The normalized spacial score (nSPS) is 31.8. The van der Waals surface area contributed by atoms with Gasteiger partial charge in [0.05, 0.1) is 12.2 Å². The highest BCUT2D eigenvalue weighted by Crippen LogP contribution is 2.22. The van der Waals surface area contributed by atoms with Gasteiger partial charge in [-0.25, -0.2) is 0 Å². The first-order chi connectivity index (χ1) is 8.11. The summed E-state index contributed by atoms with van der Waals surface area (Å²) in [7, 11) is 0. The quantitative estimate of drug-likeness (QED) is 0.740. The van der Waals surface area contributed by atoms with Crippen LogP contribution in [-0.2, 0) is 0 Å². The molecule has 1 aliphatic heterocycles. The summed E-state index contributed by atoms with van der Waals surface area (Å²) in [6.07, 6.45) is 6.44. The molecule has 2 aliphatic rings. The van der Waals surface area contributed by atoms with Gasteiger partial charge >= 0.3 is 0 Å². The maximum atomic E-state index is 9.10. The Kier molecular flexibility index (Phi) is 7.09. The molecular formula is C14H29NO2. The lowest BCUT2D eigenvalue weighted by atomic mass is 9.89.